The van der Waals surface area contributed by atoms with E-state index in [1.807, 2.05) is 19.9 Å². The summed E-state index contributed by atoms with van der Waals surface area (Å²) in [5.41, 5.74) is 2.58. The molecule has 1 aromatic heterocycles. The molecule has 1 heterocycles. The van der Waals surface area contributed by atoms with Crippen LogP contribution in [0, 0.1) is 17.0 Å². The molecule has 0 fully saturated rings. The van der Waals surface area contributed by atoms with Crippen LogP contribution in [0.2, 0.25) is 0 Å². The highest BCUT2D eigenvalue weighted by molar-refractivity contribution is 6.22. The third-order valence-electron chi connectivity index (χ3n) is 6.94. The fourth-order valence-corrected chi connectivity index (χ4v) is 5.02. The minimum Gasteiger partial charge on any atom is -0.444 e. The number of aromatic nitrogens is 1. The number of ether oxygens (including phenoxy) is 3. The van der Waals surface area contributed by atoms with Crippen LogP contribution < -0.4 is 21.3 Å². The van der Waals surface area contributed by atoms with Crippen molar-refractivity contribution in [2.24, 2.45) is 0 Å². The first-order valence-corrected chi connectivity index (χ1v) is 16.4. The Balaban J connectivity index is 2.31. The number of nitrogens with two attached hydrogens (primary N) is 1. The second-order valence-electron chi connectivity index (χ2n) is 15.4. The Morgan fingerprint density at radius 3 is 1.98 bits per heavy atom. The van der Waals surface area contributed by atoms with Crippen molar-refractivity contribution in [2.75, 3.05) is 16.0 Å². The van der Waals surface area contributed by atoms with E-state index >= 15 is 4.39 Å². The SMILES string of the molecule is CC(C)Nc1c(C2=CCC(NC(=O)OC(C)(C)C)CC2)cnc(N(C(=O)OC(C)(C)C)C(=O)OC(C)(C)C)c1C(=N)c1cc(F)c(N)cc1F. The molecule has 50 heavy (non-hydrogen) atoms. The van der Waals surface area contributed by atoms with Crippen LogP contribution in [-0.4, -0.2) is 57.9 Å². The number of allylic oxidation sites excluding steroid dienone is 1. The number of alkyl carbamates (subject to hydrolysis) is 1. The Morgan fingerprint density at radius 1 is 0.940 bits per heavy atom. The normalized spacial score (nSPS) is 15.2. The van der Waals surface area contributed by atoms with Gasteiger partial charge in [0.15, 0.2) is 5.82 Å². The molecule has 0 radical (unpaired) electrons. The summed E-state index contributed by atoms with van der Waals surface area (Å²) in [6, 6.07) is 1.03. The lowest BCUT2D eigenvalue weighted by Crippen LogP contribution is -2.45. The first-order valence-electron chi connectivity index (χ1n) is 16.4. The van der Waals surface area contributed by atoms with Crippen molar-refractivity contribution >= 4 is 46.8 Å². The molecule has 5 N–H and O–H groups in total. The Hall–Kier alpha value is -4.75. The maximum absolute atomic E-state index is 15.5. The van der Waals surface area contributed by atoms with E-state index in [9.17, 15) is 24.2 Å². The molecular formula is C36H50F2N6O6. The number of benzene rings is 1. The molecule has 14 heteroatoms. The van der Waals surface area contributed by atoms with Gasteiger partial charge in [-0.05, 0) is 107 Å². The van der Waals surface area contributed by atoms with Crippen molar-refractivity contribution in [3.8, 4) is 0 Å². The van der Waals surface area contributed by atoms with Gasteiger partial charge in [0.1, 0.15) is 28.4 Å². The topological polar surface area (TPSA) is 169 Å². The van der Waals surface area contributed by atoms with Crippen molar-refractivity contribution in [1.29, 1.82) is 5.41 Å². The third kappa shape index (κ3) is 10.6. The number of halogens is 2. The van der Waals surface area contributed by atoms with E-state index in [2.05, 4.69) is 15.6 Å². The Bertz CT molecular complexity index is 1640. The van der Waals surface area contributed by atoms with Gasteiger partial charge in [-0.2, -0.15) is 4.90 Å². The van der Waals surface area contributed by atoms with Gasteiger partial charge in [0.05, 0.1) is 22.6 Å². The first kappa shape index (κ1) is 39.7. The van der Waals surface area contributed by atoms with Crippen molar-refractivity contribution in [2.45, 2.75) is 124 Å². The highest BCUT2D eigenvalue weighted by Gasteiger charge is 2.38. The average molecular weight is 701 g/mol. The summed E-state index contributed by atoms with van der Waals surface area (Å²) in [6.07, 6.45) is 1.90. The number of anilines is 3. The van der Waals surface area contributed by atoms with Gasteiger partial charge in [0.25, 0.3) is 0 Å². The van der Waals surface area contributed by atoms with Crippen LogP contribution in [0.4, 0.5) is 40.4 Å². The number of nitrogen functional groups attached to an aromatic ring is 1. The van der Waals surface area contributed by atoms with E-state index in [1.165, 1.54) is 6.20 Å². The molecule has 0 aliphatic heterocycles. The smallest absolute Gasteiger partial charge is 0.425 e. The van der Waals surface area contributed by atoms with Crippen LogP contribution in [0.5, 0.6) is 0 Å². The second kappa shape index (κ2) is 15.0. The number of amides is 3. The summed E-state index contributed by atoms with van der Waals surface area (Å²) in [4.78, 5) is 45.0. The van der Waals surface area contributed by atoms with Crippen molar-refractivity contribution < 1.29 is 37.4 Å². The van der Waals surface area contributed by atoms with E-state index in [1.54, 1.807) is 62.3 Å². The zero-order valence-corrected chi connectivity index (χ0v) is 30.8. The van der Waals surface area contributed by atoms with Crippen LogP contribution in [0.3, 0.4) is 0 Å². The van der Waals surface area contributed by atoms with Crippen molar-refractivity contribution in [1.82, 2.24) is 10.3 Å². The summed E-state index contributed by atoms with van der Waals surface area (Å²) in [7, 11) is 0. The highest BCUT2D eigenvalue weighted by Crippen LogP contribution is 2.40. The predicted molar refractivity (Wildman–Crippen MR) is 190 cm³/mol. The third-order valence-corrected chi connectivity index (χ3v) is 6.94. The van der Waals surface area contributed by atoms with E-state index in [-0.39, 0.29) is 23.3 Å². The van der Waals surface area contributed by atoms with Crippen LogP contribution in [0.1, 0.15) is 112 Å². The number of hydrogen-bond acceptors (Lipinski definition) is 10. The van der Waals surface area contributed by atoms with Crippen LogP contribution in [0.15, 0.2) is 24.4 Å². The van der Waals surface area contributed by atoms with E-state index < -0.39 is 69.5 Å². The lowest BCUT2D eigenvalue weighted by Gasteiger charge is -2.31. The Kier molecular flexibility index (Phi) is 11.9. The summed E-state index contributed by atoms with van der Waals surface area (Å²) in [6.45, 7) is 18.6. The first-order chi connectivity index (χ1) is 22.9. The zero-order valence-electron chi connectivity index (χ0n) is 30.8. The Labute approximate surface area is 292 Å². The minimum absolute atomic E-state index is 0.189. The largest absolute Gasteiger partial charge is 0.444 e. The summed E-state index contributed by atoms with van der Waals surface area (Å²) in [5.74, 6) is -2.37. The number of rotatable bonds is 7. The average Bonchev–Trinajstić information content (AvgIpc) is 2.92. The number of pyridine rings is 1. The number of nitrogens with one attached hydrogen (secondary N) is 3. The lowest BCUT2D eigenvalue weighted by molar-refractivity contribution is 0.0425. The molecular weight excluding hydrogens is 650 g/mol. The second-order valence-corrected chi connectivity index (χ2v) is 15.4. The van der Waals surface area contributed by atoms with Gasteiger partial charge >= 0.3 is 18.3 Å². The minimum atomic E-state index is -1.16. The van der Waals surface area contributed by atoms with Gasteiger partial charge in [0, 0.05) is 35.5 Å². The zero-order chi connectivity index (χ0) is 37.9. The standard InChI is InChI=1S/C36H50F2N6O6/c1-19(2)42-29-23(20-12-14-21(15-13-20)43-31(45)48-34(3,4)5)18-41-30(27(29)28(40)22-16-25(38)26(39)17-24(22)37)44(32(46)49-35(6,7)8)33(47)50-36(9,10)11/h12,16-19,21,40H,13-15,39H2,1-11H3,(H,41,42)(H,43,45). The number of nitrogens with zero attached hydrogens (tertiary/aromatic N) is 2. The van der Waals surface area contributed by atoms with E-state index in [4.69, 9.17) is 19.9 Å². The van der Waals surface area contributed by atoms with E-state index in [0.29, 0.717) is 29.7 Å². The van der Waals surface area contributed by atoms with Gasteiger partial charge < -0.3 is 30.6 Å². The molecule has 3 rings (SSSR count). The molecule has 0 saturated heterocycles. The summed E-state index contributed by atoms with van der Waals surface area (Å²) >= 11 is 0. The summed E-state index contributed by atoms with van der Waals surface area (Å²) < 4.78 is 46.8. The molecule has 1 aliphatic carbocycles. The Morgan fingerprint density at radius 2 is 1.50 bits per heavy atom. The maximum Gasteiger partial charge on any atom is 0.425 e. The molecule has 3 amide bonds. The van der Waals surface area contributed by atoms with Gasteiger partial charge in [-0.1, -0.05) is 6.08 Å². The highest BCUT2D eigenvalue weighted by atomic mass is 19.1. The van der Waals surface area contributed by atoms with Crippen LogP contribution >= 0.6 is 0 Å². The van der Waals surface area contributed by atoms with Gasteiger partial charge in [-0.25, -0.2) is 28.1 Å². The molecule has 0 bridgehead atoms. The molecule has 12 nitrogen and oxygen atoms in total. The molecule has 1 aromatic carbocycles. The molecule has 1 atom stereocenters. The van der Waals surface area contributed by atoms with E-state index in [0.717, 1.165) is 17.7 Å². The number of imide groups is 1. The molecule has 1 unspecified atom stereocenters. The van der Waals surface area contributed by atoms with Crippen LogP contribution in [-0.2, 0) is 14.2 Å². The fraction of sp³-hybridized carbons (Fsp3) is 0.528. The summed E-state index contributed by atoms with van der Waals surface area (Å²) in [5, 5.41) is 15.5. The monoisotopic (exact) mass is 700 g/mol. The molecule has 1 aliphatic rings. The molecule has 0 saturated carbocycles. The lowest BCUT2D eigenvalue weighted by atomic mass is 9.88. The number of carbonyl (C=O) groups excluding carboxylic acids is 3. The predicted octanol–water partition coefficient (Wildman–Crippen LogP) is 8.32. The number of carbonyl (C=O) groups is 3. The van der Waals surface area contributed by atoms with Gasteiger partial charge in [-0.3, -0.25) is 5.41 Å². The quantitative estimate of drug-likeness (QED) is 0.126. The van der Waals surface area contributed by atoms with Gasteiger partial charge in [0.2, 0.25) is 0 Å². The van der Waals surface area contributed by atoms with Gasteiger partial charge in [-0.15, -0.1) is 0 Å². The van der Waals surface area contributed by atoms with Crippen LogP contribution in [0.25, 0.3) is 5.57 Å². The fourth-order valence-electron chi connectivity index (χ4n) is 5.02. The molecule has 2 aromatic rings. The molecule has 0 spiro atoms. The van der Waals surface area contributed by atoms with Crippen molar-refractivity contribution in [3.05, 3.63) is 52.7 Å². The molecule has 274 valence electrons. The number of hydrogen-bond donors (Lipinski definition) is 4. The maximum atomic E-state index is 15.5. The van der Waals surface area contributed by atoms with Crippen molar-refractivity contribution in [3.63, 3.8) is 0 Å².